The Kier molecular flexibility index (Phi) is 4.99. The number of benzene rings is 1. The number of hydrogen-bond donors (Lipinski definition) is 0. The van der Waals surface area contributed by atoms with Crippen molar-refractivity contribution in [3.8, 4) is 0 Å². The molecule has 0 saturated carbocycles. The highest BCUT2D eigenvalue weighted by Gasteiger charge is 2.05. The van der Waals surface area contributed by atoms with Crippen molar-refractivity contribution < 1.29 is 9.59 Å². The molecule has 0 radical (unpaired) electrons. The first-order valence-corrected chi connectivity index (χ1v) is 3.86. The van der Waals surface area contributed by atoms with Gasteiger partial charge in [0.15, 0.2) is 0 Å². The maximum Gasteiger partial charge on any atom is 0.252 e. The molecule has 0 fully saturated rings. The molecule has 0 saturated heterocycles. The van der Waals surface area contributed by atoms with Crippen LogP contribution in [0, 0.1) is 0 Å². The molecule has 13 heavy (non-hydrogen) atoms. The van der Waals surface area contributed by atoms with E-state index in [1.165, 1.54) is 18.2 Å². The summed E-state index contributed by atoms with van der Waals surface area (Å²) >= 11 is 10.4. The summed E-state index contributed by atoms with van der Waals surface area (Å²) in [5, 5.41) is -1.20. The Morgan fingerprint density at radius 1 is 1.00 bits per heavy atom. The van der Waals surface area contributed by atoms with Crippen molar-refractivity contribution in [2.75, 3.05) is 0 Å². The van der Waals surface area contributed by atoms with Crippen molar-refractivity contribution in [3.05, 3.63) is 35.4 Å². The molecule has 70 valence electrons. The first-order chi connectivity index (χ1) is 5.61. The molecule has 0 aliphatic carbocycles. The van der Waals surface area contributed by atoms with Gasteiger partial charge in [-0.05, 0) is 29.3 Å². The average Bonchev–Trinajstić information content (AvgIpc) is 2.04. The fraction of sp³-hybridized carbons (Fsp3) is 0. The van der Waals surface area contributed by atoms with Gasteiger partial charge < -0.3 is 0 Å². The molecule has 1 aromatic rings. The van der Waals surface area contributed by atoms with Gasteiger partial charge in [-0.15, -0.1) is 12.4 Å². The summed E-state index contributed by atoms with van der Waals surface area (Å²) in [6.07, 6.45) is 0. The molecule has 0 bridgehead atoms. The predicted molar refractivity (Wildman–Crippen MR) is 54.1 cm³/mol. The molecule has 0 unspecified atom stereocenters. The van der Waals surface area contributed by atoms with Gasteiger partial charge >= 0.3 is 0 Å². The molecule has 5 heteroatoms. The monoisotopic (exact) mass is 238 g/mol. The molecule has 1 rings (SSSR count). The summed E-state index contributed by atoms with van der Waals surface area (Å²) < 4.78 is 0. The normalized spacial score (nSPS) is 8.77. The van der Waals surface area contributed by atoms with Crippen LogP contribution >= 0.6 is 35.6 Å². The van der Waals surface area contributed by atoms with E-state index in [0.29, 0.717) is 0 Å². The summed E-state index contributed by atoms with van der Waals surface area (Å²) in [5.41, 5.74) is 0.534. The molecule has 0 N–H and O–H groups in total. The summed E-state index contributed by atoms with van der Waals surface area (Å²) in [7, 11) is 0. The molecule has 2 nitrogen and oxygen atoms in total. The van der Waals surface area contributed by atoms with Gasteiger partial charge in [0.1, 0.15) is 0 Å². The third kappa shape index (κ3) is 3.35. The van der Waals surface area contributed by atoms with Gasteiger partial charge in [0.2, 0.25) is 0 Å². The molecular formula is C8H5Cl3O2. The van der Waals surface area contributed by atoms with E-state index in [1.807, 2.05) is 0 Å². The number of carbonyl (C=O) groups is 2. The Hall–Kier alpha value is -0.570. The van der Waals surface area contributed by atoms with Crippen LogP contribution in [0.1, 0.15) is 20.7 Å². The summed E-state index contributed by atoms with van der Waals surface area (Å²) in [5.74, 6) is 0. The fourth-order valence-electron chi connectivity index (χ4n) is 0.764. The molecule has 0 heterocycles. The van der Waals surface area contributed by atoms with Crippen LogP contribution in [0.2, 0.25) is 0 Å². The van der Waals surface area contributed by atoms with E-state index in [0.717, 1.165) is 0 Å². The van der Waals surface area contributed by atoms with Crippen LogP contribution in [-0.2, 0) is 0 Å². The van der Waals surface area contributed by atoms with Crippen LogP contribution < -0.4 is 0 Å². The lowest BCUT2D eigenvalue weighted by molar-refractivity contribution is 0.108. The van der Waals surface area contributed by atoms with E-state index in [9.17, 15) is 9.59 Å². The minimum Gasteiger partial charge on any atom is -0.276 e. The molecule has 1 aromatic carbocycles. The van der Waals surface area contributed by atoms with Gasteiger partial charge in [-0.3, -0.25) is 9.59 Å². The molecule has 0 aromatic heterocycles. The first kappa shape index (κ1) is 12.4. The second kappa shape index (κ2) is 5.22. The molecule has 0 amide bonds. The second-order valence-corrected chi connectivity index (χ2v) is 2.81. The predicted octanol–water partition coefficient (Wildman–Crippen LogP) is 2.87. The zero-order chi connectivity index (χ0) is 9.14. The van der Waals surface area contributed by atoms with Crippen LogP contribution in [0.25, 0.3) is 0 Å². The summed E-state index contributed by atoms with van der Waals surface area (Å²) in [6, 6.07) is 5.92. The van der Waals surface area contributed by atoms with Crippen molar-refractivity contribution >= 4 is 46.1 Å². The minimum atomic E-state index is -0.602. The Bertz CT molecular complexity index is 307. The van der Waals surface area contributed by atoms with E-state index in [2.05, 4.69) is 0 Å². The highest BCUT2D eigenvalue weighted by Crippen LogP contribution is 2.09. The molecule has 0 spiro atoms. The van der Waals surface area contributed by atoms with Crippen LogP contribution in [0.5, 0.6) is 0 Å². The SMILES string of the molecule is Cl.O=C(Cl)c1cccc(C(=O)Cl)c1. The Balaban J connectivity index is 0.00000144. The third-order valence-corrected chi connectivity index (χ3v) is 1.75. The Morgan fingerprint density at radius 2 is 1.38 bits per heavy atom. The number of carbonyl (C=O) groups excluding carboxylic acids is 2. The zero-order valence-corrected chi connectivity index (χ0v) is 8.62. The fourth-order valence-corrected chi connectivity index (χ4v) is 0.999. The minimum absolute atomic E-state index is 0. The third-order valence-electron chi connectivity index (χ3n) is 1.32. The van der Waals surface area contributed by atoms with Gasteiger partial charge in [0, 0.05) is 11.1 Å². The maximum absolute atomic E-state index is 10.6. The van der Waals surface area contributed by atoms with Gasteiger partial charge in [0.25, 0.3) is 10.5 Å². The quantitative estimate of drug-likeness (QED) is 0.744. The largest absolute Gasteiger partial charge is 0.276 e. The lowest BCUT2D eigenvalue weighted by Gasteiger charge is -1.95. The van der Waals surface area contributed by atoms with Gasteiger partial charge in [-0.1, -0.05) is 18.2 Å². The smallest absolute Gasteiger partial charge is 0.252 e. The Morgan fingerprint density at radius 3 is 1.69 bits per heavy atom. The lowest BCUT2D eigenvalue weighted by atomic mass is 10.1. The van der Waals surface area contributed by atoms with Crippen molar-refractivity contribution in [3.63, 3.8) is 0 Å². The van der Waals surface area contributed by atoms with Gasteiger partial charge in [-0.25, -0.2) is 0 Å². The number of hydrogen-bond acceptors (Lipinski definition) is 2. The molecule has 0 aliphatic heterocycles. The maximum atomic E-state index is 10.6. The van der Waals surface area contributed by atoms with Crippen molar-refractivity contribution in [2.24, 2.45) is 0 Å². The molecule has 0 atom stereocenters. The number of rotatable bonds is 2. The van der Waals surface area contributed by atoms with Crippen LogP contribution in [-0.4, -0.2) is 10.5 Å². The molecule has 0 aliphatic rings. The van der Waals surface area contributed by atoms with E-state index in [-0.39, 0.29) is 23.5 Å². The molecular weight excluding hydrogens is 234 g/mol. The Labute approximate surface area is 91.2 Å². The van der Waals surface area contributed by atoms with Crippen molar-refractivity contribution in [1.82, 2.24) is 0 Å². The summed E-state index contributed by atoms with van der Waals surface area (Å²) in [6.45, 7) is 0. The van der Waals surface area contributed by atoms with E-state index in [4.69, 9.17) is 23.2 Å². The van der Waals surface area contributed by atoms with Crippen molar-refractivity contribution in [2.45, 2.75) is 0 Å². The van der Waals surface area contributed by atoms with E-state index < -0.39 is 10.5 Å². The van der Waals surface area contributed by atoms with Gasteiger partial charge in [-0.2, -0.15) is 0 Å². The standard InChI is InChI=1S/C8H4Cl2O2.ClH/c9-7(11)5-2-1-3-6(4-5)8(10)12;/h1-4H;1H. The topological polar surface area (TPSA) is 34.1 Å². The van der Waals surface area contributed by atoms with Gasteiger partial charge in [0.05, 0.1) is 0 Å². The van der Waals surface area contributed by atoms with Crippen LogP contribution in [0.15, 0.2) is 24.3 Å². The highest BCUT2D eigenvalue weighted by molar-refractivity contribution is 6.69. The average molecular weight is 239 g/mol. The van der Waals surface area contributed by atoms with Crippen LogP contribution in [0.4, 0.5) is 0 Å². The second-order valence-electron chi connectivity index (χ2n) is 2.13. The van der Waals surface area contributed by atoms with E-state index >= 15 is 0 Å². The highest BCUT2D eigenvalue weighted by atomic mass is 35.5. The number of halogens is 3. The first-order valence-electron chi connectivity index (χ1n) is 3.11. The zero-order valence-electron chi connectivity index (χ0n) is 6.29. The summed E-state index contributed by atoms with van der Waals surface area (Å²) in [4.78, 5) is 21.3. The van der Waals surface area contributed by atoms with E-state index in [1.54, 1.807) is 6.07 Å². The lowest BCUT2D eigenvalue weighted by Crippen LogP contribution is -1.93. The van der Waals surface area contributed by atoms with Crippen molar-refractivity contribution in [1.29, 1.82) is 0 Å². The van der Waals surface area contributed by atoms with Crippen LogP contribution in [0.3, 0.4) is 0 Å².